The highest BCUT2D eigenvalue weighted by molar-refractivity contribution is 8.01. The van der Waals surface area contributed by atoms with E-state index < -0.39 is 17.5 Å². The lowest BCUT2D eigenvalue weighted by molar-refractivity contribution is -0.133. The van der Waals surface area contributed by atoms with Gasteiger partial charge in [-0.2, -0.15) is 0 Å². The molecular weight excluding hydrogens is 464 g/mol. The minimum absolute atomic E-state index is 0.139. The standard InChI is InChI=1S/C21H24N6O4S2/c1-12-5-6-14(13(2)9-12)22-16(29)11-32-20-26-25-18(33-20)23-15(28)10-27-17(30)21(24-19(27)31)7-3-4-8-21/h5-6,9H,3-4,7-8,10-11H2,1-2H3,(H,22,29)(H,24,31)(H,23,25,28). The molecule has 1 spiro atoms. The molecule has 1 aromatic carbocycles. The lowest BCUT2D eigenvalue weighted by Crippen LogP contribution is -2.44. The summed E-state index contributed by atoms with van der Waals surface area (Å²) in [6, 6.07) is 5.25. The number of imide groups is 1. The zero-order valence-electron chi connectivity index (χ0n) is 18.3. The smallest absolute Gasteiger partial charge is 0.325 e. The van der Waals surface area contributed by atoms with E-state index in [2.05, 4.69) is 26.1 Å². The van der Waals surface area contributed by atoms with Crippen LogP contribution in [-0.4, -0.2) is 56.7 Å². The van der Waals surface area contributed by atoms with Crippen LogP contribution in [0.5, 0.6) is 0 Å². The lowest BCUT2D eigenvalue weighted by Gasteiger charge is -2.19. The molecule has 3 N–H and O–H groups in total. The first-order valence-corrected chi connectivity index (χ1v) is 12.3. The Balaban J connectivity index is 1.26. The molecule has 1 saturated heterocycles. The zero-order valence-corrected chi connectivity index (χ0v) is 19.9. The lowest BCUT2D eigenvalue weighted by atomic mass is 9.98. The Hall–Kier alpha value is -2.99. The number of hydrogen-bond acceptors (Lipinski definition) is 8. The van der Waals surface area contributed by atoms with Gasteiger partial charge in [-0.15, -0.1) is 10.2 Å². The molecule has 12 heteroatoms. The van der Waals surface area contributed by atoms with Crippen molar-refractivity contribution in [2.75, 3.05) is 22.9 Å². The number of thioether (sulfide) groups is 1. The van der Waals surface area contributed by atoms with Crippen LogP contribution in [-0.2, 0) is 14.4 Å². The summed E-state index contributed by atoms with van der Waals surface area (Å²) in [5, 5.41) is 16.3. The Morgan fingerprint density at radius 2 is 1.91 bits per heavy atom. The summed E-state index contributed by atoms with van der Waals surface area (Å²) in [6.07, 6.45) is 2.95. The third-order valence-electron chi connectivity index (χ3n) is 5.64. The van der Waals surface area contributed by atoms with Crippen molar-refractivity contribution in [3.63, 3.8) is 0 Å². The van der Waals surface area contributed by atoms with E-state index in [0.717, 1.165) is 45.9 Å². The van der Waals surface area contributed by atoms with E-state index >= 15 is 0 Å². The average molecular weight is 489 g/mol. The number of carbonyl (C=O) groups is 4. The molecule has 1 aliphatic heterocycles. The number of carbonyl (C=O) groups excluding carboxylic acids is 4. The summed E-state index contributed by atoms with van der Waals surface area (Å²) in [5.41, 5.74) is 2.02. The number of amides is 5. The second-order valence-corrected chi connectivity index (χ2v) is 10.4. The number of urea groups is 1. The highest BCUT2D eigenvalue weighted by atomic mass is 32.2. The van der Waals surface area contributed by atoms with Crippen LogP contribution >= 0.6 is 23.1 Å². The van der Waals surface area contributed by atoms with Gasteiger partial charge in [0.15, 0.2) is 4.34 Å². The number of benzene rings is 1. The van der Waals surface area contributed by atoms with Crippen molar-refractivity contribution in [2.45, 2.75) is 49.4 Å². The molecule has 1 saturated carbocycles. The molecule has 0 atom stereocenters. The number of aryl methyl sites for hydroxylation is 2. The summed E-state index contributed by atoms with van der Waals surface area (Å²) in [7, 11) is 0. The number of aromatic nitrogens is 2. The Bertz CT molecular complexity index is 1110. The maximum absolute atomic E-state index is 12.6. The Labute approximate surface area is 198 Å². The van der Waals surface area contributed by atoms with Gasteiger partial charge in [0.25, 0.3) is 5.91 Å². The van der Waals surface area contributed by atoms with Crippen molar-refractivity contribution in [3.8, 4) is 0 Å². The van der Waals surface area contributed by atoms with Gasteiger partial charge in [-0.3, -0.25) is 24.6 Å². The maximum atomic E-state index is 12.6. The van der Waals surface area contributed by atoms with Gasteiger partial charge >= 0.3 is 6.03 Å². The van der Waals surface area contributed by atoms with E-state index in [-0.39, 0.29) is 29.2 Å². The van der Waals surface area contributed by atoms with Gasteiger partial charge in [-0.25, -0.2) is 4.79 Å². The van der Waals surface area contributed by atoms with Crippen LogP contribution in [0.4, 0.5) is 15.6 Å². The number of hydrogen-bond donors (Lipinski definition) is 3. The molecule has 10 nitrogen and oxygen atoms in total. The van der Waals surface area contributed by atoms with E-state index in [1.807, 2.05) is 32.0 Å². The molecule has 0 unspecified atom stereocenters. The van der Waals surface area contributed by atoms with Gasteiger partial charge in [0.2, 0.25) is 16.9 Å². The summed E-state index contributed by atoms with van der Waals surface area (Å²) in [6.45, 7) is 3.54. The quantitative estimate of drug-likeness (QED) is 0.310. The van der Waals surface area contributed by atoms with Crippen molar-refractivity contribution in [3.05, 3.63) is 29.3 Å². The van der Waals surface area contributed by atoms with Gasteiger partial charge in [0.1, 0.15) is 12.1 Å². The first-order chi connectivity index (χ1) is 15.8. The molecule has 2 heterocycles. The van der Waals surface area contributed by atoms with E-state index in [1.54, 1.807) is 0 Å². The molecule has 5 amide bonds. The molecule has 4 rings (SSSR count). The largest absolute Gasteiger partial charge is 0.325 e. The fourth-order valence-corrected chi connectivity index (χ4v) is 5.59. The van der Waals surface area contributed by atoms with Crippen LogP contribution in [0.2, 0.25) is 0 Å². The Kier molecular flexibility index (Phi) is 6.66. The van der Waals surface area contributed by atoms with Gasteiger partial charge in [-0.1, -0.05) is 53.6 Å². The fraction of sp³-hybridized carbons (Fsp3) is 0.429. The third kappa shape index (κ3) is 5.17. The van der Waals surface area contributed by atoms with E-state index in [4.69, 9.17) is 0 Å². The molecular formula is C21H24N6O4S2. The van der Waals surface area contributed by atoms with E-state index in [1.165, 1.54) is 11.8 Å². The van der Waals surface area contributed by atoms with Crippen molar-refractivity contribution in [2.24, 2.45) is 0 Å². The van der Waals surface area contributed by atoms with Crippen molar-refractivity contribution >= 4 is 57.7 Å². The van der Waals surface area contributed by atoms with Crippen molar-refractivity contribution in [1.82, 2.24) is 20.4 Å². The van der Waals surface area contributed by atoms with Crippen LogP contribution in [0.1, 0.15) is 36.8 Å². The van der Waals surface area contributed by atoms with Crippen LogP contribution in [0, 0.1) is 13.8 Å². The van der Waals surface area contributed by atoms with Crippen LogP contribution in [0.25, 0.3) is 0 Å². The number of nitrogens with zero attached hydrogens (tertiary/aromatic N) is 3. The summed E-state index contributed by atoms with van der Waals surface area (Å²) in [4.78, 5) is 50.4. The highest BCUT2D eigenvalue weighted by Crippen LogP contribution is 2.35. The van der Waals surface area contributed by atoms with E-state index in [0.29, 0.717) is 17.2 Å². The highest BCUT2D eigenvalue weighted by Gasteiger charge is 2.52. The Morgan fingerprint density at radius 1 is 1.15 bits per heavy atom. The molecule has 2 aliphatic rings. The average Bonchev–Trinajstić information content (AvgIpc) is 3.46. The molecule has 2 aromatic rings. The molecule has 2 fully saturated rings. The SMILES string of the molecule is Cc1ccc(NC(=O)CSc2nnc(NC(=O)CN3C(=O)NC4(CCCC4)C3=O)s2)c(C)c1. The number of nitrogens with one attached hydrogen (secondary N) is 3. The van der Waals surface area contributed by atoms with Crippen LogP contribution < -0.4 is 16.0 Å². The van der Waals surface area contributed by atoms with Crippen LogP contribution in [0.3, 0.4) is 0 Å². The minimum atomic E-state index is -0.846. The normalized spacial score (nSPS) is 16.8. The van der Waals surface area contributed by atoms with Crippen molar-refractivity contribution in [1.29, 1.82) is 0 Å². The molecule has 33 heavy (non-hydrogen) atoms. The summed E-state index contributed by atoms with van der Waals surface area (Å²) in [5.74, 6) is -0.912. The Morgan fingerprint density at radius 3 is 2.64 bits per heavy atom. The third-order valence-corrected chi connectivity index (χ3v) is 7.61. The summed E-state index contributed by atoms with van der Waals surface area (Å²) < 4.78 is 0.515. The maximum Gasteiger partial charge on any atom is 0.325 e. The molecule has 0 bridgehead atoms. The number of anilines is 2. The molecule has 174 valence electrons. The second kappa shape index (κ2) is 9.48. The first-order valence-electron chi connectivity index (χ1n) is 10.5. The first kappa shape index (κ1) is 23.2. The molecule has 1 aliphatic carbocycles. The van der Waals surface area contributed by atoms with Crippen LogP contribution in [0.15, 0.2) is 22.5 Å². The van der Waals surface area contributed by atoms with Gasteiger partial charge in [-0.05, 0) is 38.3 Å². The monoisotopic (exact) mass is 488 g/mol. The molecule has 0 radical (unpaired) electrons. The summed E-state index contributed by atoms with van der Waals surface area (Å²) >= 11 is 2.32. The fourth-order valence-electron chi connectivity index (χ4n) is 4.03. The van der Waals surface area contributed by atoms with Crippen molar-refractivity contribution < 1.29 is 19.2 Å². The van der Waals surface area contributed by atoms with Gasteiger partial charge in [0, 0.05) is 5.69 Å². The van der Waals surface area contributed by atoms with Gasteiger partial charge < -0.3 is 10.6 Å². The zero-order chi connectivity index (χ0) is 23.6. The predicted octanol–water partition coefficient (Wildman–Crippen LogP) is 2.69. The van der Waals surface area contributed by atoms with Gasteiger partial charge in [0.05, 0.1) is 5.75 Å². The molecule has 1 aromatic heterocycles. The second-order valence-electron chi connectivity index (χ2n) is 8.19. The minimum Gasteiger partial charge on any atom is -0.325 e. The predicted molar refractivity (Wildman–Crippen MR) is 125 cm³/mol. The number of rotatable bonds is 7. The van der Waals surface area contributed by atoms with E-state index in [9.17, 15) is 19.2 Å². The topological polar surface area (TPSA) is 133 Å².